The van der Waals surface area contributed by atoms with E-state index >= 15 is 0 Å². The van der Waals surface area contributed by atoms with E-state index < -0.39 is 0 Å². The van der Waals surface area contributed by atoms with Gasteiger partial charge in [-0.1, -0.05) is 44.4 Å². The molecule has 9 heteroatoms. The van der Waals surface area contributed by atoms with Crippen molar-refractivity contribution in [1.82, 2.24) is 24.5 Å². The van der Waals surface area contributed by atoms with Crippen molar-refractivity contribution >= 4 is 58.1 Å². The van der Waals surface area contributed by atoms with Gasteiger partial charge in [-0.05, 0) is 55.5 Å². The zero-order chi connectivity index (χ0) is 28.1. The first kappa shape index (κ1) is 26.3. The number of hydrogen-bond acceptors (Lipinski definition) is 7. The maximum Gasteiger partial charge on any atom is 0.255 e. The number of nitrogens with zero attached hydrogens (tertiary/aromatic N) is 5. The van der Waals surface area contributed by atoms with E-state index in [1.165, 1.54) is 0 Å². The minimum absolute atomic E-state index is 0.241. The predicted octanol–water partition coefficient (Wildman–Crippen LogP) is 6.83. The molecule has 9 nitrogen and oxygen atoms in total. The summed E-state index contributed by atoms with van der Waals surface area (Å²) in [5.41, 5.74) is 5.17. The molecule has 200 valence electrons. The summed E-state index contributed by atoms with van der Waals surface area (Å²) in [5, 5.41) is 10.4. The number of carbonyl (C=O) groups is 1. The summed E-state index contributed by atoms with van der Waals surface area (Å²) in [6, 6.07) is 18.7. The standard InChI is InChI=1S/C31H30N8O/c1-5-23-24-19-22(14-15-26(24)39(8-4)25(23)6-2)34-30-35-27(7-3)36-31(38-30)37-28-18-20(16-17-32-28)29(40)33-21-12-10-9-11-13-21/h5-6,9-19H,1-2,7-8H2,3-4H3,(H,33,40)(H2,32,34,35,36,37,38). The van der Waals surface area contributed by atoms with Crippen LogP contribution in [0.25, 0.3) is 23.1 Å². The van der Waals surface area contributed by atoms with Crippen LogP contribution in [-0.2, 0) is 13.0 Å². The molecule has 0 saturated heterocycles. The van der Waals surface area contributed by atoms with Crippen LogP contribution in [0.5, 0.6) is 0 Å². The van der Waals surface area contributed by atoms with Gasteiger partial charge in [-0.3, -0.25) is 4.79 Å². The van der Waals surface area contributed by atoms with E-state index in [-0.39, 0.29) is 5.91 Å². The summed E-state index contributed by atoms with van der Waals surface area (Å²) in [6.45, 7) is 12.9. The Kier molecular flexibility index (Phi) is 7.63. The highest BCUT2D eigenvalue weighted by Gasteiger charge is 2.14. The summed E-state index contributed by atoms with van der Waals surface area (Å²) in [4.78, 5) is 30.7. The van der Waals surface area contributed by atoms with E-state index in [0.717, 1.165) is 34.4 Å². The molecule has 0 fully saturated rings. The number of aromatic nitrogens is 5. The minimum atomic E-state index is -0.241. The zero-order valence-electron chi connectivity index (χ0n) is 22.5. The fraction of sp³-hybridized carbons (Fsp3) is 0.129. The Balaban J connectivity index is 1.40. The van der Waals surface area contributed by atoms with Gasteiger partial charge in [0, 0.05) is 58.3 Å². The first-order valence-electron chi connectivity index (χ1n) is 13.1. The Labute approximate surface area is 232 Å². The minimum Gasteiger partial charge on any atom is -0.341 e. The van der Waals surface area contributed by atoms with Crippen molar-refractivity contribution in [2.45, 2.75) is 26.8 Å². The fourth-order valence-corrected chi connectivity index (χ4v) is 4.55. The molecule has 3 aromatic heterocycles. The van der Waals surface area contributed by atoms with Gasteiger partial charge in [0.1, 0.15) is 11.6 Å². The summed E-state index contributed by atoms with van der Waals surface area (Å²) in [6.07, 6.45) is 5.90. The Bertz CT molecular complexity index is 1710. The maximum atomic E-state index is 12.7. The van der Waals surface area contributed by atoms with Crippen LogP contribution in [0.3, 0.4) is 0 Å². The van der Waals surface area contributed by atoms with Crippen molar-refractivity contribution < 1.29 is 4.79 Å². The van der Waals surface area contributed by atoms with Gasteiger partial charge in [-0.25, -0.2) is 4.98 Å². The third-order valence-electron chi connectivity index (χ3n) is 6.41. The lowest BCUT2D eigenvalue weighted by Gasteiger charge is -2.11. The third-order valence-corrected chi connectivity index (χ3v) is 6.41. The van der Waals surface area contributed by atoms with E-state index in [9.17, 15) is 4.79 Å². The second-order valence-corrected chi connectivity index (χ2v) is 8.94. The van der Waals surface area contributed by atoms with Gasteiger partial charge < -0.3 is 20.5 Å². The van der Waals surface area contributed by atoms with E-state index in [2.05, 4.69) is 72.7 Å². The summed E-state index contributed by atoms with van der Waals surface area (Å²) >= 11 is 0. The maximum absolute atomic E-state index is 12.7. The van der Waals surface area contributed by atoms with Crippen molar-refractivity contribution in [2.75, 3.05) is 16.0 Å². The quantitative estimate of drug-likeness (QED) is 0.182. The van der Waals surface area contributed by atoms with Crippen molar-refractivity contribution in [2.24, 2.45) is 0 Å². The molecule has 0 aliphatic rings. The van der Waals surface area contributed by atoms with Crippen LogP contribution in [0.1, 0.15) is 41.3 Å². The highest BCUT2D eigenvalue weighted by molar-refractivity contribution is 6.04. The SMILES string of the molecule is C=Cc1c(C=C)n(CC)c2ccc(Nc3nc(CC)nc(Nc4cc(C(=O)Nc5ccccc5)ccn4)n3)cc12. The molecule has 0 atom stereocenters. The first-order chi connectivity index (χ1) is 19.5. The molecular weight excluding hydrogens is 500 g/mol. The van der Waals surface area contributed by atoms with E-state index in [1.54, 1.807) is 18.3 Å². The molecular formula is C31H30N8O. The van der Waals surface area contributed by atoms with Crippen molar-refractivity contribution in [3.05, 3.63) is 103 Å². The van der Waals surface area contributed by atoms with Crippen LogP contribution in [-0.4, -0.2) is 30.4 Å². The lowest BCUT2D eigenvalue weighted by atomic mass is 10.1. The Morgan fingerprint density at radius 3 is 2.38 bits per heavy atom. The molecule has 0 unspecified atom stereocenters. The lowest BCUT2D eigenvalue weighted by molar-refractivity contribution is 0.102. The Morgan fingerprint density at radius 1 is 0.900 bits per heavy atom. The van der Waals surface area contributed by atoms with Crippen LogP contribution >= 0.6 is 0 Å². The van der Waals surface area contributed by atoms with Crippen LogP contribution in [0.15, 0.2) is 80.0 Å². The number of aryl methyl sites for hydroxylation is 2. The topological polar surface area (TPSA) is 110 Å². The fourth-order valence-electron chi connectivity index (χ4n) is 4.55. The van der Waals surface area contributed by atoms with Crippen molar-refractivity contribution in [1.29, 1.82) is 0 Å². The molecule has 3 heterocycles. The molecule has 0 spiro atoms. The molecule has 0 bridgehead atoms. The molecule has 5 aromatic rings. The van der Waals surface area contributed by atoms with Gasteiger partial charge in [0.05, 0.1) is 0 Å². The largest absolute Gasteiger partial charge is 0.341 e. The van der Waals surface area contributed by atoms with Gasteiger partial charge in [-0.2, -0.15) is 15.0 Å². The van der Waals surface area contributed by atoms with Crippen LogP contribution in [0.4, 0.5) is 29.1 Å². The number of para-hydroxylation sites is 1. The second kappa shape index (κ2) is 11.6. The van der Waals surface area contributed by atoms with E-state index in [4.69, 9.17) is 0 Å². The first-order valence-corrected chi connectivity index (χ1v) is 13.1. The molecule has 5 rings (SSSR count). The number of amides is 1. The number of benzene rings is 2. The van der Waals surface area contributed by atoms with Crippen molar-refractivity contribution in [3.63, 3.8) is 0 Å². The van der Waals surface area contributed by atoms with Gasteiger partial charge in [0.25, 0.3) is 5.91 Å². The normalized spacial score (nSPS) is 10.8. The van der Waals surface area contributed by atoms with Crippen LogP contribution in [0.2, 0.25) is 0 Å². The summed E-state index contributed by atoms with van der Waals surface area (Å²) in [5.74, 6) is 1.52. The third kappa shape index (κ3) is 5.44. The number of hydrogen-bond donors (Lipinski definition) is 3. The molecule has 3 N–H and O–H groups in total. The number of anilines is 5. The smallest absolute Gasteiger partial charge is 0.255 e. The number of rotatable bonds is 10. The number of pyridine rings is 1. The monoisotopic (exact) mass is 530 g/mol. The number of fused-ring (bicyclic) bond motifs is 1. The zero-order valence-corrected chi connectivity index (χ0v) is 22.5. The highest BCUT2D eigenvalue weighted by atomic mass is 16.1. The van der Waals surface area contributed by atoms with Gasteiger partial charge in [-0.15, -0.1) is 0 Å². The number of carbonyl (C=O) groups excluding carboxylic acids is 1. The van der Waals surface area contributed by atoms with Crippen LogP contribution in [0, 0.1) is 0 Å². The molecule has 0 aliphatic carbocycles. The average molecular weight is 531 g/mol. The van der Waals surface area contributed by atoms with Gasteiger partial charge in [0.2, 0.25) is 11.9 Å². The molecule has 2 aromatic carbocycles. The summed E-state index contributed by atoms with van der Waals surface area (Å²) < 4.78 is 2.21. The molecule has 1 amide bonds. The molecule has 0 aliphatic heterocycles. The highest BCUT2D eigenvalue weighted by Crippen LogP contribution is 2.31. The van der Waals surface area contributed by atoms with E-state index in [0.29, 0.717) is 41.2 Å². The Morgan fingerprint density at radius 2 is 1.68 bits per heavy atom. The van der Waals surface area contributed by atoms with Gasteiger partial charge >= 0.3 is 0 Å². The van der Waals surface area contributed by atoms with E-state index in [1.807, 2.05) is 55.5 Å². The average Bonchev–Trinajstić information content (AvgIpc) is 3.29. The number of nitrogens with one attached hydrogen (secondary N) is 3. The van der Waals surface area contributed by atoms with Crippen molar-refractivity contribution in [3.8, 4) is 0 Å². The summed E-state index contributed by atoms with van der Waals surface area (Å²) in [7, 11) is 0. The molecule has 40 heavy (non-hydrogen) atoms. The van der Waals surface area contributed by atoms with Crippen LogP contribution < -0.4 is 16.0 Å². The Hall–Kier alpha value is -5.31. The lowest BCUT2D eigenvalue weighted by Crippen LogP contribution is -2.12. The van der Waals surface area contributed by atoms with Gasteiger partial charge in [0.15, 0.2) is 0 Å². The molecule has 0 radical (unpaired) electrons. The second-order valence-electron chi connectivity index (χ2n) is 8.94. The molecule has 0 saturated carbocycles. The predicted molar refractivity (Wildman–Crippen MR) is 162 cm³/mol.